The largest absolute Gasteiger partial charge is 0.482 e. The molecule has 0 aliphatic rings. The highest BCUT2D eigenvalue weighted by atomic mass is 35.5. The molecule has 0 spiro atoms. The van der Waals surface area contributed by atoms with Gasteiger partial charge >= 0.3 is 5.63 Å². The fraction of sp³-hybridized carbons (Fsp3) is 0.375. The maximum atomic E-state index is 11.8. The molecule has 1 aromatic heterocycles. The number of halogens is 1. The van der Waals surface area contributed by atoms with E-state index in [9.17, 15) is 9.59 Å². The van der Waals surface area contributed by atoms with Gasteiger partial charge in [0.15, 0.2) is 6.61 Å². The molecule has 0 radical (unpaired) electrons. The summed E-state index contributed by atoms with van der Waals surface area (Å²) in [5.74, 6) is 0.0429. The van der Waals surface area contributed by atoms with Gasteiger partial charge in [-0.3, -0.25) is 4.79 Å². The SMILES string of the molecule is Cc1cc(=O)oc2cc(OCC(=O)NC(C)(C)C)c(Cl)cc12. The van der Waals surface area contributed by atoms with Crippen molar-refractivity contribution >= 4 is 28.5 Å². The van der Waals surface area contributed by atoms with Crippen LogP contribution in [0.25, 0.3) is 11.0 Å². The summed E-state index contributed by atoms with van der Waals surface area (Å²) in [7, 11) is 0. The van der Waals surface area contributed by atoms with Crippen molar-refractivity contribution in [1.82, 2.24) is 5.32 Å². The highest BCUT2D eigenvalue weighted by molar-refractivity contribution is 6.32. The average Bonchev–Trinajstić information content (AvgIpc) is 2.35. The lowest BCUT2D eigenvalue weighted by atomic mass is 10.1. The van der Waals surface area contributed by atoms with Crippen molar-refractivity contribution < 1.29 is 13.9 Å². The first-order valence-corrected chi connectivity index (χ1v) is 7.21. The number of amides is 1. The molecule has 2 aromatic rings. The lowest BCUT2D eigenvalue weighted by Crippen LogP contribution is -2.43. The number of aryl methyl sites for hydroxylation is 1. The maximum Gasteiger partial charge on any atom is 0.336 e. The number of nitrogens with one attached hydrogen (secondary N) is 1. The van der Waals surface area contributed by atoms with Crippen molar-refractivity contribution in [2.75, 3.05) is 6.61 Å². The molecular formula is C16H18ClNO4. The van der Waals surface area contributed by atoms with Crippen LogP contribution in [-0.4, -0.2) is 18.1 Å². The van der Waals surface area contributed by atoms with E-state index in [2.05, 4.69) is 5.32 Å². The fourth-order valence-electron chi connectivity index (χ4n) is 2.03. The van der Waals surface area contributed by atoms with Gasteiger partial charge in [0.05, 0.1) is 5.02 Å². The van der Waals surface area contributed by atoms with Gasteiger partial charge in [0.25, 0.3) is 5.91 Å². The molecular weight excluding hydrogens is 306 g/mol. The summed E-state index contributed by atoms with van der Waals surface area (Å²) in [4.78, 5) is 23.2. The van der Waals surface area contributed by atoms with Gasteiger partial charge in [-0.1, -0.05) is 11.6 Å². The monoisotopic (exact) mass is 323 g/mol. The Labute approximate surface area is 133 Å². The van der Waals surface area contributed by atoms with Crippen molar-refractivity contribution in [3.8, 4) is 5.75 Å². The predicted octanol–water partition coefficient (Wildman–Crippen LogP) is 3.05. The third-order valence-corrected chi connectivity index (χ3v) is 3.17. The molecule has 118 valence electrons. The Hall–Kier alpha value is -2.01. The van der Waals surface area contributed by atoms with Crippen LogP contribution in [0.15, 0.2) is 27.4 Å². The quantitative estimate of drug-likeness (QED) is 0.881. The molecule has 0 unspecified atom stereocenters. The molecule has 1 N–H and O–H groups in total. The molecule has 1 amide bonds. The van der Waals surface area contributed by atoms with Gasteiger partial charge in [-0.05, 0) is 39.3 Å². The first-order valence-electron chi connectivity index (χ1n) is 6.83. The summed E-state index contributed by atoms with van der Waals surface area (Å²) in [5, 5.41) is 3.87. The maximum absolute atomic E-state index is 11.8. The predicted molar refractivity (Wildman–Crippen MR) is 85.6 cm³/mol. The third kappa shape index (κ3) is 4.01. The lowest BCUT2D eigenvalue weighted by Gasteiger charge is -2.20. The zero-order valence-electron chi connectivity index (χ0n) is 13.0. The fourth-order valence-corrected chi connectivity index (χ4v) is 2.25. The van der Waals surface area contributed by atoms with Crippen molar-refractivity contribution in [1.29, 1.82) is 0 Å². The minimum absolute atomic E-state index is 0.168. The van der Waals surface area contributed by atoms with E-state index >= 15 is 0 Å². The standard InChI is InChI=1S/C16H18ClNO4/c1-9-5-15(20)22-12-7-13(11(17)6-10(9)12)21-8-14(19)18-16(2,3)4/h5-7H,8H2,1-4H3,(H,18,19). The van der Waals surface area contributed by atoms with E-state index in [-0.39, 0.29) is 18.1 Å². The molecule has 1 heterocycles. The summed E-state index contributed by atoms with van der Waals surface area (Å²) >= 11 is 6.16. The molecule has 22 heavy (non-hydrogen) atoms. The average molecular weight is 324 g/mol. The second kappa shape index (κ2) is 6.01. The molecule has 2 rings (SSSR count). The number of hydrogen-bond acceptors (Lipinski definition) is 4. The number of carbonyl (C=O) groups excluding carboxylic acids is 1. The van der Waals surface area contributed by atoms with E-state index in [1.54, 1.807) is 13.0 Å². The lowest BCUT2D eigenvalue weighted by molar-refractivity contribution is -0.124. The molecule has 0 fully saturated rings. The van der Waals surface area contributed by atoms with Crippen molar-refractivity contribution in [2.45, 2.75) is 33.2 Å². The normalized spacial score (nSPS) is 11.5. The van der Waals surface area contributed by atoms with Gasteiger partial charge in [-0.2, -0.15) is 0 Å². The Balaban J connectivity index is 2.23. The van der Waals surface area contributed by atoms with Crippen LogP contribution in [0.5, 0.6) is 5.75 Å². The Bertz CT molecular complexity index is 774. The Morgan fingerprint density at radius 1 is 1.32 bits per heavy atom. The molecule has 0 bridgehead atoms. The van der Waals surface area contributed by atoms with Gasteiger partial charge in [0.2, 0.25) is 0 Å². The smallest absolute Gasteiger partial charge is 0.336 e. The van der Waals surface area contributed by atoms with E-state index in [0.717, 1.165) is 10.9 Å². The van der Waals surface area contributed by atoms with Gasteiger partial charge in [-0.15, -0.1) is 0 Å². The van der Waals surface area contributed by atoms with Crippen LogP contribution >= 0.6 is 11.6 Å². The number of rotatable bonds is 3. The van der Waals surface area contributed by atoms with Gasteiger partial charge in [0.1, 0.15) is 11.3 Å². The number of hydrogen-bond donors (Lipinski definition) is 1. The Morgan fingerprint density at radius 3 is 2.64 bits per heavy atom. The van der Waals surface area contributed by atoms with Crippen LogP contribution in [0.3, 0.4) is 0 Å². The van der Waals surface area contributed by atoms with Crippen molar-refractivity contribution in [2.24, 2.45) is 0 Å². The number of benzene rings is 1. The number of carbonyl (C=O) groups is 1. The van der Waals surface area contributed by atoms with E-state index < -0.39 is 5.63 Å². The highest BCUT2D eigenvalue weighted by Crippen LogP contribution is 2.30. The second-order valence-electron chi connectivity index (χ2n) is 6.11. The topological polar surface area (TPSA) is 68.5 Å². The van der Waals surface area contributed by atoms with E-state index in [0.29, 0.717) is 16.4 Å². The molecule has 1 aromatic carbocycles. The van der Waals surface area contributed by atoms with E-state index in [1.807, 2.05) is 20.8 Å². The summed E-state index contributed by atoms with van der Waals surface area (Å²) < 4.78 is 10.6. The first kappa shape index (κ1) is 16.4. The molecule has 5 nitrogen and oxygen atoms in total. The highest BCUT2D eigenvalue weighted by Gasteiger charge is 2.15. The molecule has 0 atom stereocenters. The summed E-state index contributed by atoms with van der Waals surface area (Å²) in [5.41, 5.74) is 0.368. The molecule has 0 aliphatic heterocycles. The van der Waals surface area contributed by atoms with Crippen LogP contribution in [-0.2, 0) is 4.79 Å². The molecule has 6 heteroatoms. The van der Waals surface area contributed by atoms with Gasteiger partial charge < -0.3 is 14.5 Å². The summed E-state index contributed by atoms with van der Waals surface area (Å²) in [6.07, 6.45) is 0. The van der Waals surface area contributed by atoms with Crippen molar-refractivity contribution in [3.63, 3.8) is 0 Å². The minimum Gasteiger partial charge on any atom is -0.482 e. The third-order valence-electron chi connectivity index (χ3n) is 2.88. The Kier molecular flexibility index (Phi) is 4.47. The summed E-state index contributed by atoms with van der Waals surface area (Å²) in [6, 6.07) is 4.58. The molecule has 0 saturated carbocycles. The molecule has 0 saturated heterocycles. The number of ether oxygens (including phenoxy) is 1. The van der Waals surface area contributed by atoms with Crippen LogP contribution < -0.4 is 15.7 Å². The van der Waals surface area contributed by atoms with Crippen molar-refractivity contribution in [3.05, 3.63) is 39.2 Å². The Morgan fingerprint density at radius 2 is 2.00 bits per heavy atom. The van der Waals surface area contributed by atoms with Crippen LogP contribution in [0.1, 0.15) is 26.3 Å². The van der Waals surface area contributed by atoms with Crippen LogP contribution in [0.4, 0.5) is 0 Å². The van der Waals surface area contributed by atoms with Crippen LogP contribution in [0, 0.1) is 6.92 Å². The van der Waals surface area contributed by atoms with Crippen LogP contribution in [0.2, 0.25) is 5.02 Å². The zero-order valence-corrected chi connectivity index (χ0v) is 13.7. The van der Waals surface area contributed by atoms with E-state index in [1.165, 1.54) is 12.1 Å². The summed E-state index contributed by atoms with van der Waals surface area (Å²) in [6.45, 7) is 7.27. The second-order valence-corrected chi connectivity index (χ2v) is 6.52. The van der Waals surface area contributed by atoms with Gasteiger partial charge in [-0.25, -0.2) is 4.79 Å². The number of fused-ring (bicyclic) bond motifs is 1. The minimum atomic E-state index is -0.441. The van der Waals surface area contributed by atoms with Gasteiger partial charge in [0, 0.05) is 23.1 Å². The first-order chi connectivity index (χ1) is 10.2. The molecule has 0 aliphatic carbocycles. The van der Waals surface area contributed by atoms with E-state index in [4.69, 9.17) is 20.8 Å². The zero-order chi connectivity index (χ0) is 16.5.